The summed E-state index contributed by atoms with van der Waals surface area (Å²) in [5.41, 5.74) is 3.49. The normalized spacial score (nSPS) is 22.3. The molecule has 0 spiro atoms. The Bertz CT molecular complexity index is 1360. The number of para-hydroxylation sites is 1. The van der Waals surface area contributed by atoms with Crippen molar-refractivity contribution in [2.45, 2.75) is 19.1 Å². The molecule has 3 atom stereocenters. The molecular formula is C28H22N2O3. The molecule has 0 aromatic heterocycles. The zero-order valence-corrected chi connectivity index (χ0v) is 18.1. The van der Waals surface area contributed by atoms with E-state index < -0.39 is 18.1 Å². The molecule has 6 rings (SSSR count). The minimum atomic E-state index is -0.872. The molecule has 162 valence electrons. The third kappa shape index (κ3) is 3.04. The molecule has 0 N–H and O–H groups in total. The fourth-order valence-electron chi connectivity index (χ4n) is 4.96. The van der Waals surface area contributed by atoms with Crippen LogP contribution >= 0.6 is 0 Å². The van der Waals surface area contributed by atoms with E-state index >= 15 is 0 Å². The number of amides is 2. The molecule has 2 saturated heterocycles. The smallest absolute Gasteiger partial charge is 0.266 e. The quantitative estimate of drug-likeness (QED) is 0.416. The van der Waals surface area contributed by atoms with Crippen molar-refractivity contribution >= 4 is 34.0 Å². The van der Waals surface area contributed by atoms with Crippen molar-refractivity contribution in [2.24, 2.45) is 5.92 Å². The number of carbonyl (C=O) groups excluding carboxylic acids is 2. The Morgan fingerprint density at radius 2 is 1.42 bits per heavy atom. The highest BCUT2D eigenvalue weighted by Gasteiger charge is 2.60. The topological polar surface area (TPSA) is 49.9 Å². The van der Waals surface area contributed by atoms with Gasteiger partial charge in [-0.2, -0.15) is 0 Å². The number of aryl methyl sites for hydroxylation is 1. The number of anilines is 2. The third-order valence-corrected chi connectivity index (χ3v) is 6.55. The third-order valence-electron chi connectivity index (χ3n) is 6.55. The molecule has 5 heteroatoms. The van der Waals surface area contributed by atoms with E-state index in [1.807, 2.05) is 104 Å². The average Bonchev–Trinajstić information content (AvgIpc) is 3.36. The summed E-state index contributed by atoms with van der Waals surface area (Å²) in [6.07, 6.45) is -0.872. The highest BCUT2D eigenvalue weighted by Crippen LogP contribution is 2.48. The van der Waals surface area contributed by atoms with Crippen LogP contribution in [0.5, 0.6) is 0 Å². The van der Waals surface area contributed by atoms with Gasteiger partial charge in [-0.25, -0.2) is 9.96 Å². The molecule has 0 unspecified atom stereocenters. The molecule has 0 saturated carbocycles. The van der Waals surface area contributed by atoms with Gasteiger partial charge in [0.05, 0.1) is 17.4 Å². The molecule has 2 heterocycles. The predicted octanol–water partition coefficient (Wildman–Crippen LogP) is 5.20. The van der Waals surface area contributed by atoms with Crippen molar-refractivity contribution in [3.05, 3.63) is 108 Å². The Hall–Kier alpha value is -3.96. The van der Waals surface area contributed by atoms with Gasteiger partial charge < -0.3 is 0 Å². The lowest BCUT2D eigenvalue weighted by Gasteiger charge is -2.29. The lowest BCUT2D eigenvalue weighted by Crippen LogP contribution is -2.37. The molecule has 2 aliphatic rings. The molecule has 0 aliphatic carbocycles. The second kappa shape index (κ2) is 7.57. The van der Waals surface area contributed by atoms with Gasteiger partial charge in [0.25, 0.3) is 5.91 Å². The first-order valence-electron chi connectivity index (χ1n) is 11.1. The fraction of sp³-hybridized carbons (Fsp3) is 0.143. The van der Waals surface area contributed by atoms with Crippen molar-refractivity contribution in [1.29, 1.82) is 0 Å². The van der Waals surface area contributed by atoms with Crippen molar-refractivity contribution in [1.82, 2.24) is 0 Å². The van der Waals surface area contributed by atoms with Crippen molar-refractivity contribution in [3.63, 3.8) is 0 Å². The van der Waals surface area contributed by atoms with Gasteiger partial charge in [-0.1, -0.05) is 84.4 Å². The van der Waals surface area contributed by atoms with E-state index in [0.29, 0.717) is 5.69 Å². The van der Waals surface area contributed by atoms with Crippen LogP contribution in [-0.2, 0) is 14.4 Å². The van der Waals surface area contributed by atoms with E-state index in [4.69, 9.17) is 4.84 Å². The van der Waals surface area contributed by atoms with Crippen LogP contribution < -0.4 is 9.96 Å². The largest absolute Gasteiger partial charge is 0.273 e. The number of hydrogen-bond donors (Lipinski definition) is 0. The standard InChI is InChI=1S/C28H22N2O3/c1-18-14-16-20(17-15-18)25-24-26(33-30(25)21-10-3-2-4-11-21)28(32)29(27(24)31)23-13-7-9-19-8-5-6-12-22(19)23/h2-17,24-26H,1H3/t24-,25+,26+/m1/s1. The number of hydrogen-bond acceptors (Lipinski definition) is 4. The first-order chi connectivity index (χ1) is 16.1. The Labute approximate surface area is 191 Å². The van der Waals surface area contributed by atoms with Gasteiger partial charge in [-0.3, -0.25) is 14.4 Å². The summed E-state index contributed by atoms with van der Waals surface area (Å²) in [7, 11) is 0. The van der Waals surface area contributed by atoms with Crippen LogP contribution in [0, 0.1) is 12.8 Å². The number of imide groups is 1. The lowest BCUT2D eigenvalue weighted by molar-refractivity contribution is -0.126. The highest BCUT2D eigenvalue weighted by molar-refractivity contribution is 6.26. The van der Waals surface area contributed by atoms with Crippen LogP contribution in [0.2, 0.25) is 0 Å². The van der Waals surface area contributed by atoms with Crippen LogP contribution in [0.25, 0.3) is 10.8 Å². The summed E-state index contributed by atoms with van der Waals surface area (Å²) in [6.45, 7) is 2.03. The molecule has 4 aromatic rings. The summed E-state index contributed by atoms with van der Waals surface area (Å²) >= 11 is 0. The van der Waals surface area contributed by atoms with Crippen molar-refractivity contribution in [2.75, 3.05) is 9.96 Å². The summed E-state index contributed by atoms with van der Waals surface area (Å²) < 4.78 is 0. The van der Waals surface area contributed by atoms with Crippen LogP contribution in [0.4, 0.5) is 11.4 Å². The van der Waals surface area contributed by atoms with E-state index in [9.17, 15) is 9.59 Å². The van der Waals surface area contributed by atoms with E-state index in [0.717, 1.165) is 27.6 Å². The van der Waals surface area contributed by atoms with Crippen LogP contribution in [0.3, 0.4) is 0 Å². The second-order valence-electron chi connectivity index (χ2n) is 8.58. The Kier molecular flexibility index (Phi) is 4.52. The predicted molar refractivity (Wildman–Crippen MR) is 128 cm³/mol. The molecule has 2 fully saturated rings. The summed E-state index contributed by atoms with van der Waals surface area (Å²) in [6, 6.07) is 30.8. The van der Waals surface area contributed by atoms with Gasteiger partial charge in [0.15, 0.2) is 6.10 Å². The molecule has 33 heavy (non-hydrogen) atoms. The van der Waals surface area contributed by atoms with Gasteiger partial charge in [-0.15, -0.1) is 0 Å². The monoisotopic (exact) mass is 434 g/mol. The number of rotatable bonds is 3. The lowest BCUT2D eigenvalue weighted by atomic mass is 9.90. The maximum atomic E-state index is 13.9. The molecule has 2 aliphatic heterocycles. The first kappa shape index (κ1) is 19.7. The van der Waals surface area contributed by atoms with E-state index in [2.05, 4.69) is 0 Å². The van der Waals surface area contributed by atoms with Gasteiger partial charge in [-0.05, 0) is 36.1 Å². The van der Waals surface area contributed by atoms with Gasteiger partial charge in [0.2, 0.25) is 5.91 Å². The zero-order chi connectivity index (χ0) is 22.5. The SMILES string of the molecule is Cc1ccc([C@H]2[C@H]3C(=O)N(c4cccc5ccccc45)C(=O)[C@H]3ON2c2ccccc2)cc1. The highest BCUT2D eigenvalue weighted by atomic mass is 16.7. The summed E-state index contributed by atoms with van der Waals surface area (Å²) in [4.78, 5) is 35.0. The second-order valence-corrected chi connectivity index (χ2v) is 8.58. The van der Waals surface area contributed by atoms with Crippen LogP contribution in [0.1, 0.15) is 17.2 Å². The fourth-order valence-corrected chi connectivity index (χ4v) is 4.96. The molecule has 4 aromatic carbocycles. The van der Waals surface area contributed by atoms with Gasteiger partial charge in [0.1, 0.15) is 5.92 Å². The average molecular weight is 434 g/mol. The Balaban J connectivity index is 1.46. The van der Waals surface area contributed by atoms with E-state index in [1.165, 1.54) is 4.90 Å². The van der Waals surface area contributed by atoms with Gasteiger partial charge >= 0.3 is 0 Å². The Morgan fingerprint density at radius 3 is 2.21 bits per heavy atom. The zero-order valence-electron chi connectivity index (χ0n) is 18.1. The van der Waals surface area contributed by atoms with Gasteiger partial charge in [0, 0.05) is 5.39 Å². The van der Waals surface area contributed by atoms with Crippen molar-refractivity contribution < 1.29 is 14.4 Å². The van der Waals surface area contributed by atoms with Crippen LogP contribution in [-0.4, -0.2) is 17.9 Å². The Morgan fingerprint density at radius 1 is 0.727 bits per heavy atom. The van der Waals surface area contributed by atoms with E-state index in [-0.39, 0.29) is 11.8 Å². The maximum absolute atomic E-state index is 13.9. The van der Waals surface area contributed by atoms with E-state index in [1.54, 1.807) is 5.06 Å². The summed E-state index contributed by atoms with van der Waals surface area (Å²) in [5.74, 6) is -1.19. The van der Waals surface area contributed by atoms with Crippen LogP contribution in [0.15, 0.2) is 97.1 Å². The first-order valence-corrected chi connectivity index (χ1v) is 11.1. The number of carbonyl (C=O) groups is 2. The molecule has 2 amide bonds. The summed E-state index contributed by atoms with van der Waals surface area (Å²) in [5, 5.41) is 3.58. The number of fused-ring (bicyclic) bond motifs is 2. The molecule has 0 radical (unpaired) electrons. The molecule has 5 nitrogen and oxygen atoms in total. The maximum Gasteiger partial charge on any atom is 0.266 e. The number of nitrogens with zero attached hydrogens (tertiary/aromatic N) is 2. The minimum Gasteiger partial charge on any atom is -0.273 e. The molecule has 0 bridgehead atoms. The minimum absolute atomic E-state index is 0.231. The molecular weight excluding hydrogens is 412 g/mol. The number of hydroxylamine groups is 1. The van der Waals surface area contributed by atoms with Crippen molar-refractivity contribution in [3.8, 4) is 0 Å². The number of benzene rings is 4.